The molecule has 0 saturated carbocycles. The Kier molecular flexibility index (Phi) is 6.70. The molecule has 0 bridgehead atoms. The van der Waals surface area contributed by atoms with Crippen molar-refractivity contribution in [2.75, 3.05) is 19.5 Å². The van der Waals surface area contributed by atoms with Crippen molar-refractivity contribution in [2.45, 2.75) is 19.3 Å². The Bertz CT molecular complexity index is 589. The van der Waals surface area contributed by atoms with Gasteiger partial charge in [-0.25, -0.2) is 8.42 Å². The van der Waals surface area contributed by atoms with Crippen molar-refractivity contribution >= 4 is 25.4 Å². The zero-order valence-electron chi connectivity index (χ0n) is 11.5. The summed E-state index contributed by atoms with van der Waals surface area (Å²) in [4.78, 5) is 10.1. The quantitative estimate of drug-likeness (QED) is 0.297. The molecule has 0 amide bonds. The molecule has 0 fully saturated rings. The predicted molar refractivity (Wildman–Crippen MR) is 78.6 cm³/mol. The molecule has 0 aromatic heterocycles. The molecule has 0 aliphatic carbocycles. The van der Waals surface area contributed by atoms with E-state index in [0.29, 0.717) is 31.6 Å². The van der Waals surface area contributed by atoms with Gasteiger partial charge >= 0.3 is 0 Å². The van der Waals surface area contributed by atoms with Crippen LogP contribution in [0.4, 0.5) is 5.69 Å². The topological polar surface area (TPSA) is 95.7 Å². The molecule has 1 aromatic rings. The van der Waals surface area contributed by atoms with E-state index >= 15 is 0 Å². The van der Waals surface area contributed by atoms with E-state index in [1.54, 1.807) is 0 Å². The fourth-order valence-corrected chi connectivity index (χ4v) is 2.50. The van der Waals surface area contributed by atoms with E-state index in [1.165, 1.54) is 25.3 Å². The Labute approximate surface area is 127 Å². The van der Waals surface area contributed by atoms with E-state index in [9.17, 15) is 18.5 Å². The number of nitro benzene ring substituents is 1. The van der Waals surface area contributed by atoms with Crippen molar-refractivity contribution in [3.05, 3.63) is 28.3 Å². The third-order valence-electron chi connectivity index (χ3n) is 2.65. The van der Waals surface area contributed by atoms with Crippen LogP contribution in [0.5, 0.6) is 11.5 Å². The van der Waals surface area contributed by atoms with Crippen molar-refractivity contribution in [2.24, 2.45) is 0 Å². The molecule has 0 N–H and O–H groups in total. The average Bonchev–Trinajstić information content (AvgIpc) is 2.41. The van der Waals surface area contributed by atoms with Crippen LogP contribution in [0.1, 0.15) is 19.3 Å². The summed E-state index contributed by atoms with van der Waals surface area (Å²) >= 11 is 0. The van der Waals surface area contributed by atoms with Crippen molar-refractivity contribution in [3.8, 4) is 11.5 Å². The molecule has 0 atom stereocenters. The molecule has 0 unspecified atom stereocenters. The number of rotatable bonds is 9. The van der Waals surface area contributed by atoms with Gasteiger partial charge in [0.15, 0.2) is 11.5 Å². The minimum Gasteiger partial charge on any atom is -0.493 e. The Morgan fingerprint density at radius 3 is 2.52 bits per heavy atom. The van der Waals surface area contributed by atoms with Gasteiger partial charge in [0.1, 0.15) is 0 Å². The molecule has 0 saturated heterocycles. The first kappa shape index (κ1) is 17.5. The summed E-state index contributed by atoms with van der Waals surface area (Å²) in [5.74, 6) is 0.635. The van der Waals surface area contributed by atoms with Crippen LogP contribution in [0.3, 0.4) is 0 Å². The van der Waals surface area contributed by atoms with Gasteiger partial charge in [-0.15, -0.1) is 0 Å². The Morgan fingerprint density at radius 1 is 1.24 bits per heavy atom. The van der Waals surface area contributed by atoms with Crippen LogP contribution in [0, 0.1) is 10.1 Å². The summed E-state index contributed by atoms with van der Waals surface area (Å²) in [6.07, 6.45) is 1.76. The molecule has 1 aromatic carbocycles. The lowest BCUT2D eigenvalue weighted by Gasteiger charge is -2.10. The lowest BCUT2D eigenvalue weighted by Crippen LogP contribution is -2.02. The fourth-order valence-electron chi connectivity index (χ4n) is 1.62. The van der Waals surface area contributed by atoms with Crippen LogP contribution >= 0.6 is 10.7 Å². The second-order valence-electron chi connectivity index (χ2n) is 4.24. The number of hydrogen-bond acceptors (Lipinski definition) is 6. The third kappa shape index (κ3) is 6.63. The molecule has 21 heavy (non-hydrogen) atoms. The molecule has 9 heteroatoms. The smallest absolute Gasteiger partial charge is 0.273 e. The molecule has 0 spiro atoms. The molecule has 0 aliphatic rings. The number of benzene rings is 1. The van der Waals surface area contributed by atoms with Crippen molar-refractivity contribution in [1.29, 1.82) is 0 Å². The largest absolute Gasteiger partial charge is 0.493 e. The minimum atomic E-state index is -3.44. The number of hydrogen-bond donors (Lipinski definition) is 0. The Hall–Kier alpha value is -1.54. The maximum absolute atomic E-state index is 10.7. The van der Waals surface area contributed by atoms with E-state index in [1.807, 2.05) is 0 Å². The Balaban J connectivity index is 2.43. The summed E-state index contributed by atoms with van der Waals surface area (Å²) < 4.78 is 31.9. The highest BCUT2D eigenvalue weighted by molar-refractivity contribution is 8.13. The zero-order valence-corrected chi connectivity index (χ0v) is 13.0. The second-order valence-corrected chi connectivity index (χ2v) is 7.14. The molecule has 0 aliphatic heterocycles. The van der Waals surface area contributed by atoms with Crippen LogP contribution in [-0.2, 0) is 9.05 Å². The first-order valence-electron chi connectivity index (χ1n) is 6.21. The number of non-ortho nitro benzene ring substituents is 1. The maximum Gasteiger partial charge on any atom is 0.273 e. The summed E-state index contributed by atoms with van der Waals surface area (Å²) in [5, 5.41) is 10.6. The lowest BCUT2D eigenvalue weighted by molar-refractivity contribution is -0.384. The number of nitrogens with zero attached hydrogens (tertiary/aromatic N) is 1. The van der Waals surface area contributed by atoms with Crippen LogP contribution in [0.15, 0.2) is 18.2 Å². The zero-order chi connectivity index (χ0) is 15.9. The van der Waals surface area contributed by atoms with E-state index < -0.39 is 14.0 Å². The summed E-state index contributed by atoms with van der Waals surface area (Å²) in [6.45, 7) is 0.358. The highest BCUT2D eigenvalue weighted by Gasteiger charge is 2.12. The summed E-state index contributed by atoms with van der Waals surface area (Å²) in [7, 11) is 3.05. The number of ether oxygens (including phenoxy) is 2. The van der Waals surface area contributed by atoms with Gasteiger partial charge in [0.25, 0.3) is 5.69 Å². The molecule has 0 heterocycles. The van der Waals surface area contributed by atoms with Crippen LogP contribution in [0.25, 0.3) is 0 Å². The van der Waals surface area contributed by atoms with Crippen molar-refractivity contribution in [3.63, 3.8) is 0 Å². The number of methoxy groups -OCH3 is 1. The Morgan fingerprint density at radius 2 is 1.95 bits per heavy atom. The second kappa shape index (κ2) is 8.04. The first-order chi connectivity index (χ1) is 9.83. The fraction of sp³-hybridized carbons (Fsp3) is 0.500. The highest BCUT2D eigenvalue weighted by Crippen LogP contribution is 2.31. The van der Waals surface area contributed by atoms with Crippen LogP contribution in [-0.4, -0.2) is 32.8 Å². The average molecular weight is 338 g/mol. The van der Waals surface area contributed by atoms with Gasteiger partial charge in [0, 0.05) is 16.7 Å². The van der Waals surface area contributed by atoms with E-state index in [2.05, 4.69) is 0 Å². The van der Waals surface area contributed by atoms with E-state index in [4.69, 9.17) is 20.2 Å². The molecule has 0 radical (unpaired) electrons. The van der Waals surface area contributed by atoms with Crippen molar-refractivity contribution < 1.29 is 22.8 Å². The van der Waals surface area contributed by atoms with E-state index in [-0.39, 0.29) is 17.2 Å². The van der Waals surface area contributed by atoms with Crippen molar-refractivity contribution in [1.82, 2.24) is 0 Å². The van der Waals surface area contributed by atoms with E-state index in [0.717, 1.165) is 0 Å². The normalized spacial score (nSPS) is 11.1. The summed E-state index contributed by atoms with van der Waals surface area (Å²) in [6, 6.07) is 4.09. The molecular formula is C12H16ClNO6S. The van der Waals surface area contributed by atoms with Gasteiger partial charge in [-0.2, -0.15) is 0 Å². The van der Waals surface area contributed by atoms with Gasteiger partial charge < -0.3 is 9.47 Å². The molecule has 1 rings (SSSR count). The third-order valence-corrected chi connectivity index (χ3v) is 3.89. The monoisotopic (exact) mass is 337 g/mol. The molecule has 118 valence electrons. The SMILES string of the molecule is COc1cc([N+](=O)[O-])ccc1OCCCCCS(=O)(=O)Cl. The molecular weight excluding hydrogens is 322 g/mol. The van der Waals surface area contributed by atoms with Gasteiger partial charge in [-0.05, 0) is 25.3 Å². The highest BCUT2D eigenvalue weighted by atomic mass is 35.7. The maximum atomic E-state index is 10.7. The van der Waals surface area contributed by atoms with Crippen LogP contribution in [0.2, 0.25) is 0 Å². The predicted octanol–water partition coefficient (Wildman–Crippen LogP) is 2.72. The van der Waals surface area contributed by atoms with Gasteiger partial charge in [0.05, 0.1) is 30.5 Å². The number of unbranched alkanes of at least 4 members (excludes halogenated alkanes) is 2. The first-order valence-corrected chi connectivity index (χ1v) is 8.69. The lowest BCUT2D eigenvalue weighted by atomic mass is 10.2. The van der Waals surface area contributed by atoms with Crippen LogP contribution < -0.4 is 9.47 Å². The van der Waals surface area contributed by atoms with Gasteiger partial charge in [-0.3, -0.25) is 10.1 Å². The minimum absolute atomic E-state index is 0.0601. The van der Waals surface area contributed by atoms with Gasteiger partial charge in [0.2, 0.25) is 9.05 Å². The van der Waals surface area contributed by atoms with Gasteiger partial charge in [-0.1, -0.05) is 0 Å². The number of nitro groups is 1. The molecule has 7 nitrogen and oxygen atoms in total. The summed E-state index contributed by atoms with van der Waals surface area (Å²) in [5.41, 5.74) is -0.0773. The number of halogens is 1. The standard InChI is InChI=1S/C12H16ClNO6S/c1-19-12-9-10(14(15)16)5-6-11(12)20-7-3-2-4-8-21(13,17)18/h5-6,9H,2-4,7-8H2,1H3.